The maximum atomic E-state index is 12.2. The topological polar surface area (TPSA) is 84.7 Å². The Morgan fingerprint density at radius 3 is 2.35 bits per heavy atom. The third-order valence-electron chi connectivity index (χ3n) is 5.79. The molecule has 6 heteroatoms. The zero-order valence-corrected chi connectivity index (χ0v) is 18.3. The summed E-state index contributed by atoms with van der Waals surface area (Å²) >= 11 is 0. The quantitative estimate of drug-likeness (QED) is 0.357. The molecule has 0 radical (unpaired) electrons. The molecule has 6 nitrogen and oxygen atoms in total. The van der Waals surface area contributed by atoms with Crippen LogP contribution in [0.1, 0.15) is 72.9 Å². The number of hydrazine groups is 1. The van der Waals surface area contributed by atoms with Gasteiger partial charge in [-0.3, -0.25) is 9.59 Å². The highest BCUT2D eigenvalue weighted by molar-refractivity contribution is 5.94. The summed E-state index contributed by atoms with van der Waals surface area (Å²) in [6.07, 6.45) is 6.76. The summed E-state index contributed by atoms with van der Waals surface area (Å²) in [6.45, 7) is 2.91. The van der Waals surface area contributed by atoms with Crippen LogP contribution in [0.25, 0.3) is 0 Å². The summed E-state index contributed by atoms with van der Waals surface area (Å²) in [5, 5.41) is 4.45. The number of hydrogen-bond acceptors (Lipinski definition) is 5. The monoisotopic (exact) mass is 423 g/mol. The number of nitrogens with one attached hydrogen (secondary N) is 1. The van der Waals surface area contributed by atoms with Crippen LogP contribution >= 0.6 is 0 Å². The van der Waals surface area contributed by atoms with E-state index in [-0.39, 0.29) is 24.8 Å². The van der Waals surface area contributed by atoms with Crippen LogP contribution in [-0.2, 0) is 16.1 Å². The second-order valence-corrected chi connectivity index (χ2v) is 8.06. The van der Waals surface area contributed by atoms with Crippen molar-refractivity contribution < 1.29 is 14.3 Å². The van der Waals surface area contributed by atoms with E-state index < -0.39 is 0 Å². The van der Waals surface area contributed by atoms with Crippen molar-refractivity contribution in [2.75, 3.05) is 18.2 Å². The van der Waals surface area contributed by atoms with E-state index in [0.717, 1.165) is 11.3 Å². The predicted octanol–water partition coefficient (Wildman–Crippen LogP) is 4.30. The Labute approximate surface area is 184 Å². The van der Waals surface area contributed by atoms with Crippen molar-refractivity contribution in [3.63, 3.8) is 0 Å². The Balaban J connectivity index is 1.49. The number of benzene rings is 2. The predicted molar refractivity (Wildman–Crippen MR) is 123 cm³/mol. The fourth-order valence-electron chi connectivity index (χ4n) is 4.04. The minimum Gasteiger partial charge on any atom is -0.466 e. The van der Waals surface area contributed by atoms with Gasteiger partial charge in [-0.15, -0.1) is 0 Å². The van der Waals surface area contributed by atoms with Gasteiger partial charge in [-0.1, -0.05) is 43.5 Å². The largest absolute Gasteiger partial charge is 0.466 e. The standard InChI is InChI=1S/C25H33N3O3/c1-2-31-24(29)16-17-27-25(30)22-10-8-19(9-11-22)18-28(26)23-14-12-21(13-15-23)20-6-4-3-5-7-20/h8-15,20H,2-7,16-18,26H2,1H3,(H,27,30). The lowest BCUT2D eigenvalue weighted by molar-refractivity contribution is -0.142. The van der Waals surface area contributed by atoms with E-state index in [0.29, 0.717) is 24.6 Å². The van der Waals surface area contributed by atoms with Gasteiger partial charge in [0.05, 0.1) is 25.3 Å². The molecule has 1 fully saturated rings. The van der Waals surface area contributed by atoms with Crippen LogP contribution in [0.2, 0.25) is 0 Å². The molecule has 0 saturated heterocycles. The van der Waals surface area contributed by atoms with Crippen LogP contribution < -0.4 is 16.2 Å². The molecule has 1 aliphatic carbocycles. The Morgan fingerprint density at radius 2 is 1.71 bits per heavy atom. The van der Waals surface area contributed by atoms with Gasteiger partial charge in [0.25, 0.3) is 5.91 Å². The van der Waals surface area contributed by atoms with Gasteiger partial charge in [-0.25, -0.2) is 5.84 Å². The number of nitrogens with two attached hydrogens (primary N) is 1. The van der Waals surface area contributed by atoms with Gasteiger partial charge in [0, 0.05) is 12.1 Å². The molecular formula is C25H33N3O3. The molecule has 3 rings (SSSR count). The highest BCUT2D eigenvalue weighted by Gasteiger charge is 2.15. The highest BCUT2D eigenvalue weighted by Crippen LogP contribution is 2.33. The van der Waals surface area contributed by atoms with E-state index >= 15 is 0 Å². The molecule has 0 unspecified atom stereocenters. The molecule has 0 spiro atoms. The number of carbonyl (C=O) groups is 2. The fourth-order valence-corrected chi connectivity index (χ4v) is 4.04. The molecule has 1 amide bonds. The zero-order valence-electron chi connectivity index (χ0n) is 18.3. The number of nitrogens with zero attached hydrogens (tertiary/aromatic N) is 1. The van der Waals surface area contributed by atoms with E-state index in [1.807, 2.05) is 12.1 Å². The molecule has 31 heavy (non-hydrogen) atoms. The van der Waals surface area contributed by atoms with Crippen molar-refractivity contribution >= 4 is 17.6 Å². The average molecular weight is 424 g/mol. The van der Waals surface area contributed by atoms with Crippen molar-refractivity contribution in [1.29, 1.82) is 0 Å². The van der Waals surface area contributed by atoms with Gasteiger partial charge in [-0.05, 0) is 61.1 Å². The van der Waals surface area contributed by atoms with Crippen LogP contribution in [0, 0.1) is 0 Å². The van der Waals surface area contributed by atoms with E-state index in [4.69, 9.17) is 10.6 Å². The summed E-state index contributed by atoms with van der Waals surface area (Å²) in [6, 6.07) is 15.9. The number of hydrogen-bond donors (Lipinski definition) is 2. The molecule has 1 aliphatic rings. The maximum absolute atomic E-state index is 12.2. The van der Waals surface area contributed by atoms with Crippen molar-refractivity contribution in [2.45, 2.75) is 57.9 Å². The molecular weight excluding hydrogens is 390 g/mol. The number of anilines is 1. The van der Waals surface area contributed by atoms with Gasteiger partial charge in [0.2, 0.25) is 0 Å². The first-order valence-corrected chi connectivity index (χ1v) is 11.2. The second kappa shape index (κ2) is 11.5. The van der Waals surface area contributed by atoms with Crippen molar-refractivity contribution in [3.05, 3.63) is 65.2 Å². The van der Waals surface area contributed by atoms with Crippen molar-refractivity contribution in [2.24, 2.45) is 5.84 Å². The minimum atomic E-state index is -0.312. The van der Waals surface area contributed by atoms with E-state index in [1.54, 1.807) is 24.1 Å². The molecule has 0 heterocycles. The summed E-state index contributed by atoms with van der Waals surface area (Å²) < 4.78 is 4.85. The van der Waals surface area contributed by atoms with Gasteiger partial charge >= 0.3 is 5.97 Å². The van der Waals surface area contributed by atoms with Gasteiger partial charge in [0.1, 0.15) is 0 Å². The molecule has 0 bridgehead atoms. The number of carbonyl (C=O) groups excluding carboxylic acids is 2. The van der Waals surface area contributed by atoms with Gasteiger partial charge < -0.3 is 15.1 Å². The van der Waals surface area contributed by atoms with Gasteiger partial charge in [0.15, 0.2) is 0 Å². The van der Waals surface area contributed by atoms with Crippen molar-refractivity contribution in [3.8, 4) is 0 Å². The van der Waals surface area contributed by atoms with E-state index in [1.165, 1.54) is 37.7 Å². The normalized spacial score (nSPS) is 14.1. The third-order valence-corrected chi connectivity index (χ3v) is 5.79. The molecule has 2 aromatic carbocycles. The SMILES string of the molecule is CCOC(=O)CCNC(=O)c1ccc(CN(N)c2ccc(C3CCCCC3)cc2)cc1. The lowest BCUT2D eigenvalue weighted by Gasteiger charge is -2.23. The molecule has 0 atom stereocenters. The number of amides is 1. The zero-order chi connectivity index (χ0) is 22.1. The molecule has 166 valence electrons. The maximum Gasteiger partial charge on any atom is 0.307 e. The number of rotatable bonds is 9. The molecule has 1 saturated carbocycles. The molecule has 3 N–H and O–H groups in total. The lowest BCUT2D eigenvalue weighted by Crippen LogP contribution is -2.30. The van der Waals surface area contributed by atoms with E-state index in [9.17, 15) is 9.59 Å². The summed E-state index contributed by atoms with van der Waals surface area (Å²) in [5.41, 5.74) is 3.95. The van der Waals surface area contributed by atoms with Crippen LogP contribution in [0.15, 0.2) is 48.5 Å². The Kier molecular flexibility index (Phi) is 8.47. The summed E-state index contributed by atoms with van der Waals surface area (Å²) in [4.78, 5) is 23.5. The summed E-state index contributed by atoms with van der Waals surface area (Å²) in [7, 11) is 0. The highest BCUT2D eigenvalue weighted by atomic mass is 16.5. The molecule has 2 aromatic rings. The minimum absolute atomic E-state index is 0.166. The van der Waals surface area contributed by atoms with Crippen LogP contribution in [0.4, 0.5) is 5.69 Å². The first kappa shape index (κ1) is 22.8. The first-order chi connectivity index (χ1) is 15.1. The van der Waals surface area contributed by atoms with E-state index in [2.05, 4.69) is 29.6 Å². The summed E-state index contributed by atoms with van der Waals surface area (Å²) in [5.74, 6) is 6.45. The Morgan fingerprint density at radius 1 is 1.03 bits per heavy atom. The molecule has 0 aromatic heterocycles. The Hall–Kier alpha value is -2.86. The number of ether oxygens (including phenoxy) is 1. The van der Waals surface area contributed by atoms with Crippen molar-refractivity contribution in [1.82, 2.24) is 5.32 Å². The first-order valence-electron chi connectivity index (χ1n) is 11.2. The van der Waals surface area contributed by atoms with Gasteiger partial charge in [-0.2, -0.15) is 0 Å². The third kappa shape index (κ3) is 6.82. The molecule has 0 aliphatic heterocycles. The van der Waals surface area contributed by atoms with Crippen LogP contribution in [0.5, 0.6) is 0 Å². The fraction of sp³-hybridized carbons (Fsp3) is 0.440. The lowest BCUT2D eigenvalue weighted by atomic mass is 9.84. The van der Waals surface area contributed by atoms with Crippen LogP contribution in [0.3, 0.4) is 0 Å². The average Bonchev–Trinajstić information content (AvgIpc) is 2.80. The number of esters is 1. The Bertz CT molecular complexity index is 843. The second-order valence-electron chi connectivity index (χ2n) is 8.06. The smallest absolute Gasteiger partial charge is 0.307 e. The van der Waals surface area contributed by atoms with Crippen LogP contribution in [-0.4, -0.2) is 25.0 Å².